The molecule has 1 atom stereocenters. The van der Waals surface area contributed by atoms with Crippen molar-refractivity contribution in [2.75, 3.05) is 36.4 Å². The predicted molar refractivity (Wildman–Crippen MR) is 130 cm³/mol. The van der Waals surface area contributed by atoms with Crippen molar-refractivity contribution in [3.8, 4) is 0 Å². The number of anilines is 2. The first-order valence-electron chi connectivity index (χ1n) is 12.6. The molecule has 3 aliphatic rings. The first-order valence-corrected chi connectivity index (χ1v) is 12.6. The van der Waals surface area contributed by atoms with Crippen molar-refractivity contribution >= 4 is 28.6 Å². The summed E-state index contributed by atoms with van der Waals surface area (Å²) in [7, 11) is 0. The van der Waals surface area contributed by atoms with Gasteiger partial charge in [0.25, 0.3) is 5.91 Å². The summed E-state index contributed by atoms with van der Waals surface area (Å²) < 4.78 is 55.7. The number of carbonyl (C=O) groups is 1. The van der Waals surface area contributed by atoms with Gasteiger partial charge in [0.05, 0.1) is 24.8 Å². The molecular weight excluding hydrogens is 488 g/mol. The zero-order valence-electron chi connectivity index (χ0n) is 20.0. The molecule has 1 N–H and O–H groups in total. The lowest BCUT2D eigenvalue weighted by atomic mass is 9.88. The molecule has 37 heavy (non-hydrogen) atoms. The van der Waals surface area contributed by atoms with Gasteiger partial charge in [-0.3, -0.25) is 4.79 Å². The molecule has 1 amide bonds. The number of piperidine rings is 1. The maximum absolute atomic E-state index is 15.1. The Labute approximate surface area is 210 Å². The van der Waals surface area contributed by atoms with Crippen molar-refractivity contribution in [2.24, 2.45) is 5.92 Å². The normalized spacial score (nSPS) is 19.7. The average Bonchev–Trinajstić information content (AvgIpc) is 3.69. The van der Waals surface area contributed by atoms with Crippen molar-refractivity contribution < 1.29 is 22.4 Å². The largest absolute Gasteiger partial charge is 0.364 e. The topological polar surface area (TPSA) is 74.2 Å². The highest BCUT2D eigenvalue weighted by Gasteiger charge is 2.33. The number of likely N-dealkylation sites (tertiary alicyclic amines) is 1. The van der Waals surface area contributed by atoms with E-state index in [1.54, 1.807) is 6.07 Å². The Hall–Kier alpha value is -3.50. The molecule has 1 aromatic carbocycles. The molecule has 7 nitrogen and oxygen atoms in total. The third-order valence-corrected chi connectivity index (χ3v) is 7.31. The number of alkyl halides is 2. The van der Waals surface area contributed by atoms with E-state index in [0.29, 0.717) is 60.7 Å². The van der Waals surface area contributed by atoms with Crippen LogP contribution in [0.3, 0.4) is 0 Å². The van der Waals surface area contributed by atoms with Crippen molar-refractivity contribution in [3.05, 3.63) is 53.4 Å². The highest BCUT2D eigenvalue weighted by Crippen LogP contribution is 2.38. The van der Waals surface area contributed by atoms with E-state index in [2.05, 4.69) is 10.3 Å². The number of amides is 1. The first kappa shape index (κ1) is 23.9. The first-order chi connectivity index (χ1) is 17.9. The zero-order valence-corrected chi connectivity index (χ0v) is 20.0. The molecule has 2 aliphatic heterocycles. The number of hydrogen-bond donors (Lipinski definition) is 1. The minimum atomic E-state index is -1.52. The van der Waals surface area contributed by atoms with Crippen molar-refractivity contribution in [1.29, 1.82) is 0 Å². The maximum atomic E-state index is 15.1. The van der Waals surface area contributed by atoms with E-state index in [0.717, 1.165) is 18.9 Å². The lowest BCUT2D eigenvalue weighted by Crippen LogP contribution is -2.51. The fraction of sp³-hybridized carbons (Fsp3) is 0.462. The Balaban J connectivity index is 1.22. The second-order valence-electron chi connectivity index (χ2n) is 10.1. The number of benzene rings is 1. The van der Waals surface area contributed by atoms with E-state index >= 15 is 4.39 Å². The summed E-state index contributed by atoms with van der Waals surface area (Å²) in [5.41, 5.74) is 1.10. The fourth-order valence-electron chi connectivity index (χ4n) is 4.94. The van der Waals surface area contributed by atoms with Crippen LogP contribution in [0.2, 0.25) is 0 Å². The smallest absolute Gasteiger partial charge is 0.272 e. The van der Waals surface area contributed by atoms with Gasteiger partial charge in [0.2, 0.25) is 0 Å². The molecule has 11 heteroatoms. The molecule has 194 valence electrons. The Bertz CT molecular complexity index is 1340. The van der Waals surface area contributed by atoms with E-state index in [1.807, 2.05) is 4.90 Å². The molecule has 0 bridgehead atoms. The molecule has 4 heterocycles. The Morgan fingerprint density at radius 1 is 1.03 bits per heavy atom. The van der Waals surface area contributed by atoms with Crippen LogP contribution in [0.15, 0.2) is 30.5 Å². The number of nitrogens with one attached hydrogen (secondary N) is 1. The third-order valence-electron chi connectivity index (χ3n) is 7.31. The molecule has 1 saturated carbocycles. The summed E-state index contributed by atoms with van der Waals surface area (Å²) in [5.74, 6) is -1.11. The minimum Gasteiger partial charge on any atom is -0.364 e. The predicted octanol–water partition coefficient (Wildman–Crippen LogP) is 4.60. The van der Waals surface area contributed by atoms with Gasteiger partial charge in [0.1, 0.15) is 35.2 Å². The molecule has 2 saturated heterocycles. The van der Waals surface area contributed by atoms with Gasteiger partial charge in [-0.05, 0) is 43.7 Å². The van der Waals surface area contributed by atoms with Crippen LogP contribution >= 0.6 is 0 Å². The fourth-order valence-corrected chi connectivity index (χ4v) is 4.94. The number of hydrogen-bond acceptors (Lipinski definition) is 6. The van der Waals surface area contributed by atoms with E-state index < -0.39 is 29.9 Å². The molecule has 3 aromatic rings. The van der Waals surface area contributed by atoms with Gasteiger partial charge in [-0.2, -0.15) is 0 Å². The van der Waals surface area contributed by atoms with Crippen LogP contribution in [0, 0.1) is 17.6 Å². The van der Waals surface area contributed by atoms with Crippen molar-refractivity contribution in [3.63, 3.8) is 0 Å². The number of fused-ring (bicyclic) bond motifs is 1. The molecule has 0 unspecified atom stereocenters. The number of nitrogens with zero attached hydrogens (tertiary/aromatic N) is 5. The van der Waals surface area contributed by atoms with Crippen molar-refractivity contribution in [1.82, 2.24) is 19.9 Å². The van der Waals surface area contributed by atoms with Crippen LogP contribution in [-0.4, -0.2) is 64.2 Å². The van der Waals surface area contributed by atoms with Crippen LogP contribution < -0.4 is 10.2 Å². The van der Waals surface area contributed by atoms with Crippen LogP contribution in [-0.2, 0) is 0 Å². The van der Waals surface area contributed by atoms with Crippen LogP contribution in [0.25, 0.3) is 11.0 Å². The number of rotatable bonds is 6. The molecule has 1 aliphatic carbocycles. The number of aromatic nitrogens is 3. The summed E-state index contributed by atoms with van der Waals surface area (Å²) in [4.78, 5) is 29.8. The molecular formula is C26H26F4N6O. The van der Waals surface area contributed by atoms with Gasteiger partial charge < -0.3 is 15.1 Å². The van der Waals surface area contributed by atoms with Gasteiger partial charge in [-0.1, -0.05) is 6.07 Å². The van der Waals surface area contributed by atoms with Gasteiger partial charge in [-0.15, -0.1) is 0 Å². The van der Waals surface area contributed by atoms with Crippen molar-refractivity contribution in [2.45, 2.75) is 44.1 Å². The second kappa shape index (κ2) is 9.42. The van der Waals surface area contributed by atoms with Crippen LogP contribution in [0.1, 0.15) is 47.9 Å². The Kier molecular flexibility index (Phi) is 6.08. The minimum absolute atomic E-state index is 0.0706. The SMILES string of the molecule is O=C(c1cc2nc(NC3CC3)c(N3CCC([C@@H](F)c4ccc(F)cc4F)CC3)nc2cn1)N1CC(F)C1. The molecule has 2 aromatic heterocycles. The van der Waals surface area contributed by atoms with E-state index in [-0.39, 0.29) is 30.3 Å². The van der Waals surface area contributed by atoms with Gasteiger partial charge in [-0.25, -0.2) is 32.5 Å². The molecule has 0 radical (unpaired) electrons. The maximum Gasteiger partial charge on any atom is 0.272 e. The van der Waals surface area contributed by atoms with Crippen LogP contribution in [0.5, 0.6) is 0 Å². The number of halogens is 4. The molecule has 3 fully saturated rings. The molecule has 0 spiro atoms. The van der Waals surface area contributed by atoms with Gasteiger partial charge in [0, 0.05) is 30.8 Å². The molecule has 6 rings (SSSR count). The standard InChI is InChI=1S/C26H26F4N6O/c27-15-1-4-18(19(29)9-15)23(30)14-5-7-35(8-6-14)25-24(32-17-2-3-17)33-20-10-21(31-11-22(20)34-25)26(37)36-12-16(28)13-36/h1,4,9-11,14,16-17,23H,2-3,5-8,12-13H2,(H,32,33)/t23-/m1/s1. The van der Waals surface area contributed by atoms with E-state index in [9.17, 15) is 18.0 Å². The Morgan fingerprint density at radius 3 is 2.46 bits per heavy atom. The lowest BCUT2D eigenvalue weighted by Gasteiger charge is -2.35. The number of carbonyl (C=O) groups excluding carboxylic acids is 1. The van der Waals surface area contributed by atoms with Gasteiger partial charge in [0.15, 0.2) is 11.6 Å². The third kappa shape index (κ3) is 4.78. The monoisotopic (exact) mass is 514 g/mol. The summed E-state index contributed by atoms with van der Waals surface area (Å²) in [6.45, 7) is 1.13. The van der Waals surface area contributed by atoms with Gasteiger partial charge >= 0.3 is 0 Å². The summed E-state index contributed by atoms with van der Waals surface area (Å²) >= 11 is 0. The summed E-state index contributed by atoms with van der Waals surface area (Å²) in [6.07, 6.45) is 1.96. The quantitative estimate of drug-likeness (QED) is 0.485. The summed E-state index contributed by atoms with van der Waals surface area (Å²) in [6, 6.07) is 4.85. The average molecular weight is 515 g/mol. The second-order valence-corrected chi connectivity index (χ2v) is 10.1. The van der Waals surface area contributed by atoms with Crippen LogP contribution in [0.4, 0.5) is 29.2 Å². The lowest BCUT2D eigenvalue weighted by molar-refractivity contribution is 0.0395. The number of pyridine rings is 1. The summed E-state index contributed by atoms with van der Waals surface area (Å²) in [5, 5.41) is 3.41. The zero-order chi connectivity index (χ0) is 25.7. The highest BCUT2D eigenvalue weighted by molar-refractivity contribution is 5.96. The Morgan fingerprint density at radius 2 is 1.78 bits per heavy atom. The van der Waals surface area contributed by atoms with E-state index in [1.165, 1.54) is 17.2 Å². The highest BCUT2D eigenvalue weighted by atomic mass is 19.1. The van der Waals surface area contributed by atoms with E-state index in [4.69, 9.17) is 9.97 Å².